The minimum absolute atomic E-state index is 0.197. The quantitative estimate of drug-likeness (QED) is 0.616. The van der Waals surface area contributed by atoms with E-state index in [1.165, 1.54) is 24.8 Å². The molecule has 1 nitrogen and oxygen atoms in total. The van der Waals surface area contributed by atoms with Crippen LogP contribution in [0.2, 0.25) is 5.02 Å². The van der Waals surface area contributed by atoms with Gasteiger partial charge in [-0.1, -0.05) is 35.4 Å². The summed E-state index contributed by atoms with van der Waals surface area (Å²) in [6.45, 7) is 1.44. The Bertz CT molecular complexity index is 415. The van der Waals surface area contributed by atoms with E-state index < -0.39 is 0 Å². The standard InChI is InChI=1S/C14H17ClFN/c15-13-7-3-6-12(14(13)16)10-17-9-8-11-4-1-2-5-11/h3-4,6-7,17H,1-2,5,8-10H2. The fourth-order valence-electron chi connectivity index (χ4n) is 2.12. The van der Waals surface area contributed by atoms with E-state index in [9.17, 15) is 4.39 Å². The maximum absolute atomic E-state index is 13.5. The van der Waals surface area contributed by atoms with E-state index in [0.717, 1.165) is 13.0 Å². The second kappa shape index (κ2) is 6.18. The highest BCUT2D eigenvalue weighted by molar-refractivity contribution is 6.30. The lowest BCUT2D eigenvalue weighted by molar-refractivity contribution is 0.587. The summed E-state index contributed by atoms with van der Waals surface area (Å²) in [4.78, 5) is 0. The predicted octanol–water partition coefficient (Wildman–Crippen LogP) is 4.07. The van der Waals surface area contributed by atoms with Gasteiger partial charge in [0, 0.05) is 12.1 Å². The Kier molecular flexibility index (Phi) is 4.57. The van der Waals surface area contributed by atoms with E-state index in [2.05, 4.69) is 11.4 Å². The van der Waals surface area contributed by atoms with Crippen molar-refractivity contribution in [2.75, 3.05) is 6.54 Å². The second-order valence-electron chi connectivity index (χ2n) is 4.39. The summed E-state index contributed by atoms with van der Waals surface area (Å²) >= 11 is 5.72. The van der Waals surface area contributed by atoms with Crippen molar-refractivity contribution in [3.63, 3.8) is 0 Å². The fourth-order valence-corrected chi connectivity index (χ4v) is 2.32. The van der Waals surface area contributed by atoms with Crippen LogP contribution in [0.15, 0.2) is 29.8 Å². The topological polar surface area (TPSA) is 12.0 Å². The van der Waals surface area contributed by atoms with Gasteiger partial charge in [-0.05, 0) is 38.3 Å². The summed E-state index contributed by atoms with van der Waals surface area (Å²) in [6.07, 6.45) is 7.13. The van der Waals surface area contributed by atoms with Crippen LogP contribution in [-0.2, 0) is 6.54 Å². The fraction of sp³-hybridized carbons (Fsp3) is 0.429. The van der Waals surface area contributed by atoms with Gasteiger partial charge in [0.05, 0.1) is 5.02 Å². The van der Waals surface area contributed by atoms with E-state index in [1.807, 2.05) is 0 Å². The zero-order valence-corrected chi connectivity index (χ0v) is 10.6. The van der Waals surface area contributed by atoms with E-state index >= 15 is 0 Å². The van der Waals surface area contributed by atoms with Crippen molar-refractivity contribution in [2.24, 2.45) is 0 Å². The van der Waals surface area contributed by atoms with Crippen molar-refractivity contribution in [3.05, 3.63) is 46.3 Å². The molecule has 0 heterocycles. The molecule has 0 bridgehead atoms. The van der Waals surface area contributed by atoms with Crippen LogP contribution >= 0.6 is 11.6 Å². The maximum Gasteiger partial charge on any atom is 0.146 e. The van der Waals surface area contributed by atoms with Crippen LogP contribution in [0.3, 0.4) is 0 Å². The van der Waals surface area contributed by atoms with Crippen LogP contribution in [-0.4, -0.2) is 6.54 Å². The molecule has 1 aromatic rings. The number of benzene rings is 1. The summed E-state index contributed by atoms with van der Waals surface area (Å²) in [7, 11) is 0. The van der Waals surface area contributed by atoms with Gasteiger partial charge in [-0.3, -0.25) is 0 Å². The van der Waals surface area contributed by atoms with Crippen LogP contribution in [0.1, 0.15) is 31.2 Å². The molecule has 92 valence electrons. The predicted molar refractivity (Wildman–Crippen MR) is 69.7 cm³/mol. The lowest BCUT2D eigenvalue weighted by Crippen LogP contribution is -2.16. The van der Waals surface area contributed by atoms with Crippen molar-refractivity contribution < 1.29 is 4.39 Å². The molecule has 0 radical (unpaired) electrons. The summed E-state index contributed by atoms with van der Waals surface area (Å²) in [5.41, 5.74) is 2.17. The summed E-state index contributed by atoms with van der Waals surface area (Å²) in [5, 5.41) is 3.45. The first-order valence-corrected chi connectivity index (χ1v) is 6.46. The number of hydrogen-bond donors (Lipinski definition) is 1. The molecule has 2 rings (SSSR count). The third-order valence-electron chi connectivity index (χ3n) is 3.10. The normalized spacial score (nSPS) is 15.1. The Morgan fingerprint density at radius 3 is 3.00 bits per heavy atom. The third-order valence-corrected chi connectivity index (χ3v) is 3.40. The highest BCUT2D eigenvalue weighted by atomic mass is 35.5. The molecule has 3 heteroatoms. The van der Waals surface area contributed by atoms with Crippen LogP contribution < -0.4 is 5.32 Å². The van der Waals surface area contributed by atoms with Crippen molar-refractivity contribution >= 4 is 11.6 Å². The first-order valence-electron chi connectivity index (χ1n) is 6.09. The molecule has 0 saturated heterocycles. The Hall–Kier alpha value is -0.860. The molecule has 0 atom stereocenters. The maximum atomic E-state index is 13.5. The van der Waals surface area contributed by atoms with Gasteiger partial charge in [0.2, 0.25) is 0 Å². The molecule has 17 heavy (non-hydrogen) atoms. The molecular formula is C14H17ClFN. The van der Waals surface area contributed by atoms with E-state index in [1.54, 1.807) is 18.2 Å². The van der Waals surface area contributed by atoms with Crippen molar-refractivity contribution in [1.29, 1.82) is 0 Å². The number of rotatable bonds is 5. The molecule has 0 unspecified atom stereocenters. The highest BCUT2D eigenvalue weighted by Crippen LogP contribution is 2.20. The number of hydrogen-bond acceptors (Lipinski definition) is 1. The molecule has 0 spiro atoms. The van der Waals surface area contributed by atoms with Crippen molar-refractivity contribution in [2.45, 2.75) is 32.2 Å². The summed E-state index contributed by atoms with van der Waals surface area (Å²) in [5.74, 6) is -0.304. The van der Waals surface area contributed by atoms with Crippen molar-refractivity contribution in [3.8, 4) is 0 Å². The van der Waals surface area contributed by atoms with Gasteiger partial charge in [-0.2, -0.15) is 0 Å². The molecule has 1 aliphatic carbocycles. The Morgan fingerprint density at radius 2 is 2.24 bits per heavy atom. The molecule has 0 aromatic heterocycles. The first-order chi connectivity index (χ1) is 8.27. The minimum Gasteiger partial charge on any atom is -0.312 e. The van der Waals surface area contributed by atoms with Crippen LogP contribution in [0.25, 0.3) is 0 Å². The number of nitrogens with one attached hydrogen (secondary N) is 1. The second-order valence-corrected chi connectivity index (χ2v) is 4.80. The van der Waals surface area contributed by atoms with Gasteiger partial charge in [-0.25, -0.2) is 4.39 Å². The zero-order chi connectivity index (χ0) is 12.1. The van der Waals surface area contributed by atoms with Gasteiger partial charge in [0.15, 0.2) is 0 Å². The lowest BCUT2D eigenvalue weighted by Gasteiger charge is -2.07. The van der Waals surface area contributed by atoms with Gasteiger partial charge < -0.3 is 5.32 Å². The molecular weight excluding hydrogens is 237 g/mol. The smallest absolute Gasteiger partial charge is 0.146 e. The number of halogens is 2. The molecule has 0 amide bonds. The van der Waals surface area contributed by atoms with Gasteiger partial charge in [-0.15, -0.1) is 0 Å². The third kappa shape index (κ3) is 3.55. The van der Waals surface area contributed by atoms with Crippen LogP contribution in [0.4, 0.5) is 4.39 Å². The molecule has 0 fully saturated rings. The van der Waals surface area contributed by atoms with E-state index in [-0.39, 0.29) is 10.8 Å². The average molecular weight is 254 g/mol. The van der Waals surface area contributed by atoms with Crippen LogP contribution in [0, 0.1) is 5.82 Å². The van der Waals surface area contributed by atoms with Gasteiger partial charge in [0.1, 0.15) is 5.82 Å². The summed E-state index contributed by atoms with van der Waals surface area (Å²) in [6, 6.07) is 5.12. The number of allylic oxidation sites excluding steroid dienone is 1. The Labute approximate surface area is 107 Å². The Balaban J connectivity index is 1.76. The van der Waals surface area contributed by atoms with E-state index in [0.29, 0.717) is 12.1 Å². The molecule has 0 aliphatic heterocycles. The highest BCUT2D eigenvalue weighted by Gasteiger charge is 2.06. The van der Waals surface area contributed by atoms with E-state index in [4.69, 9.17) is 11.6 Å². The largest absolute Gasteiger partial charge is 0.312 e. The molecule has 1 aliphatic rings. The van der Waals surface area contributed by atoms with Crippen LogP contribution in [0.5, 0.6) is 0 Å². The molecule has 1 aromatic carbocycles. The molecule has 1 N–H and O–H groups in total. The lowest BCUT2D eigenvalue weighted by atomic mass is 10.1. The summed E-state index contributed by atoms with van der Waals surface area (Å²) < 4.78 is 13.5. The first kappa shape index (κ1) is 12.6. The van der Waals surface area contributed by atoms with Gasteiger partial charge in [0.25, 0.3) is 0 Å². The Morgan fingerprint density at radius 1 is 1.35 bits per heavy atom. The zero-order valence-electron chi connectivity index (χ0n) is 9.81. The van der Waals surface area contributed by atoms with Gasteiger partial charge >= 0.3 is 0 Å². The average Bonchev–Trinajstić information content (AvgIpc) is 2.83. The van der Waals surface area contributed by atoms with Crippen molar-refractivity contribution in [1.82, 2.24) is 5.32 Å². The molecule has 0 saturated carbocycles. The monoisotopic (exact) mass is 253 g/mol. The SMILES string of the molecule is Fc1c(Cl)cccc1CNCCC1=CCCC1. The minimum atomic E-state index is -0.304.